The lowest BCUT2D eigenvalue weighted by Crippen LogP contribution is -2.22. The minimum atomic E-state index is 0.864. The highest BCUT2D eigenvalue weighted by atomic mass is 14.3. The van der Waals surface area contributed by atoms with E-state index >= 15 is 0 Å². The van der Waals surface area contributed by atoms with Crippen LogP contribution in [0.15, 0.2) is 42.5 Å². The Balaban J connectivity index is 1.56. The summed E-state index contributed by atoms with van der Waals surface area (Å²) in [6.45, 7) is 4.32. The second kappa shape index (κ2) is 7.31. The highest BCUT2D eigenvalue weighted by Crippen LogP contribution is 2.41. The van der Waals surface area contributed by atoms with Gasteiger partial charge in [0, 0.05) is 0 Å². The maximum Gasteiger partial charge on any atom is -0.0228 e. The summed E-state index contributed by atoms with van der Waals surface area (Å²) in [5, 5.41) is 0. The van der Waals surface area contributed by atoms with Crippen LogP contribution in [0.2, 0.25) is 0 Å². The minimum Gasteiger partial charge on any atom is -0.0914 e. The molecular weight excluding hydrogens is 264 g/mol. The van der Waals surface area contributed by atoms with Crippen LogP contribution in [0.25, 0.3) is 5.57 Å². The summed E-state index contributed by atoms with van der Waals surface area (Å²) in [6, 6.07) is 9.07. The van der Waals surface area contributed by atoms with Crippen LogP contribution in [0.1, 0.15) is 63.0 Å². The average Bonchev–Trinajstić information content (AvgIpc) is 2.57. The molecule has 0 amide bonds. The number of aryl methyl sites for hydroxylation is 1. The Morgan fingerprint density at radius 2 is 1.64 bits per heavy atom. The number of hydrogen-bond acceptors (Lipinski definition) is 0. The smallest absolute Gasteiger partial charge is 0.0228 e. The van der Waals surface area contributed by atoms with E-state index in [1.165, 1.54) is 56.1 Å². The fourth-order valence-electron chi connectivity index (χ4n) is 4.39. The van der Waals surface area contributed by atoms with E-state index in [0.717, 1.165) is 17.8 Å². The first-order chi connectivity index (χ1) is 10.8. The first kappa shape index (κ1) is 15.6. The Bertz CT molecular complexity index is 524. The SMILES string of the molecule is C/C=C/C1CCC(C2CC=C(c3ccc(C)cc3)CC2)CC1. The van der Waals surface area contributed by atoms with E-state index in [0.29, 0.717) is 0 Å². The van der Waals surface area contributed by atoms with E-state index in [1.807, 2.05) is 0 Å². The molecule has 0 aromatic heterocycles. The second-order valence-electron chi connectivity index (χ2n) is 7.33. The Morgan fingerprint density at radius 1 is 0.909 bits per heavy atom. The van der Waals surface area contributed by atoms with Crippen LogP contribution in [-0.2, 0) is 0 Å². The van der Waals surface area contributed by atoms with Crippen LogP contribution in [-0.4, -0.2) is 0 Å². The van der Waals surface area contributed by atoms with E-state index in [9.17, 15) is 0 Å². The zero-order chi connectivity index (χ0) is 15.4. The van der Waals surface area contributed by atoms with Crippen molar-refractivity contribution in [1.82, 2.24) is 0 Å². The lowest BCUT2D eigenvalue weighted by Gasteiger charge is -2.34. The van der Waals surface area contributed by atoms with Crippen molar-refractivity contribution in [2.45, 2.75) is 58.8 Å². The van der Waals surface area contributed by atoms with Crippen LogP contribution in [0, 0.1) is 24.7 Å². The molecule has 0 aliphatic heterocycles. The van der Waals surface area contributed by atoms with E-state index < -0.39 is 0 Å². The summed E-state index contributed by atoms with van der Waals surface area (Å²) in [7, 11) is 0. The first-order valence-electron chi connectivity index (χ1n) is 9.15. The van der Waals surface area contributed by atoms with Gasteiger partial charge >= 0.3 is 0 Å². The highest BCUT2D eigenvalue weighted by molar-refractivity contribution is 5.66. The zero-order valence-corrected chi connectivity index (χ0v) is 14.2. The van der Waals surface area contributed by atoms with Gasteiger partial charge < -0.3 is 0 Å². The Kier molecular flexibility index (Phi) is 5.18. The van der Waals surface area contributed by atoms with Crippen molar-refractivity contribution in [2.24, 2.45) is 17.8 Å². The van der Waals surface area contributed by atoms with Gasteiger partial charge in [0.1, 0.15) is 0 Å². The molecule has 0 spiro atoms. The van der Waals surface area contributed by atoms with Gasteiger partial charge in [-0.15, -0.1) is 0 Å². The van der Waals surface area contributed by atoms with Gasteiger partial charge in [-0.2, -0.15) is 0 Å². The number of benzene rings is 1. The topological polar surface area (TPSA) is 0 Å². The maximum atomic E-state index is 2.54. The molecule has 3 rings (SSSR count). The van der Waals surface area contributed by atoms with Gasteiger partial charge in [-0.1, -0.05) is 48.1 Å². The van der Waals surface area contributed by atoms with Crippen molar-refractivity contribution >= 4 is 5.57 Å². The molecule has 0 heterocycles. The summed E-state index contributed by atoms with van der Waals surface area (Å²) in [6.07, 6.45) is 16.9. The molecule has 1 atom stereocenters. The van der Waals surface area contributed by atoms with E-state index in [2.05, 4.69) is 56.3 Å². The van der Waals surface area contributed by atoms with Crippen LogP contribution in [0.3, 0.4) is 0 Å². The molecule has 1 fully saturated rings. The van der Waals surface area contributed by atoms with E-state index in [4.69, 9.17) is 0 Å². The molecule has 0 saturated heterocycles. The van der Waals surface area contributed by atoms with Gasteiger partial charge in [-0.3, -0.25) is 0 Å². The Labute approximate surface area is 136 Å². The number of allylic oxidation sites excluding steroid dienone is 4. The maximum absolute atomic E-state index is 2.54. The summed E-state index contributed by atoms with van der Waals surface area (Å²) >= 11 is 0. The van der Waals surface area contributed by atoms with Crippen molar-refractivity contribution < 1.29 is 0 Å². The third kappa shape index (κ3) is 3.72. The summed E-state index contributed by atoms with van der Waals surface area (Å²) in [4.78, 5) is 0. The summed E-state index contributed by atoms with van der Waals surface area (Å²) in [5.74, 6) is 2.79. The molecule has 1 aromatic rings. The number of hydrogen-bond donors (Lipinski definition) is 0. The normalized spacial score (nSPS) is 29.5. The van der Waals surface area contributed by atoms with Gasteiger partial charge in [0.05, 0.1) is 0 Å². The number of rotatable bonds is 3. The molecular formula is C22H30. The molecule has 2 aliphatic carbocycles. The molecule has 0 N–H and O–H groups in total. The summed E-state index contributed by atoms with van der Waals surface area (Å²) in [5.41, 5.74) is 4.38. The highest BCUT2D eigenvalue weighted by Gasteiger charge is 2.27. The third-order valence-electron chi connectivity index (χ3n) is 5.82. The average molecular weight is 294 g/mol. The molecule has 22 heavy (non-hydrogen) atoms. The molecule has 2 aliphatic rings. The fraction of sp³-hybridized carbons (Fsp3) is 0.545. The van der Waals surface area contributed by atoms with Gasteiger partial charge in [0.2, 0.25) is 0 Å². The van der Waals surface area contributed by atoms with Gasteiger partial charge in [0.15, 0.2) is 0 Å². The van der Waals surface area contributed by atoms with Gasteiger partial charge in [0.25, 0.3) is 0 Å². The monoisotopic (exact) mass is 294 g/mol. The van der Waals surface area contributed by atoms with Crippen molar-refractivity contribution in [3.63, 3.8) is 0 Å². The molecule has 1 unspecified atom stereocenters. The van der Waals surface area contributed by atoms with Crippen LogP contribution >= 0.6 is 0 Å². The molecule has 0 bridgehead atoms. The van der Waals surface area contributed by atoms with Crippen molar-refractivity contribution in [2.75, 3.05) is 0 Å². The van der Waals surface area contributed by atoms with Crippen LogP contribution < -0.4 is 0 Å². The predicted molar refractivity (Wildman–Crippen MR) is 96.8 cm³/mol. The Hall–Kier alpha value is -1.30. The van der Waals surface area contributed by atoms with E-state index in [1.54, 1.807) is 5.57 Å². The second-order valence-corrected chi connectivity index (χ2v) is 7.33. The lowest BCUT2D eigenvalue weighted by molar-refractivity contribution is 0.212. The Morgan fingerprint density at radius 3 is 2.23 bits per heavy atom. The molecule has 1 aromatic carbocycles. The molecule has 0 radical (unpaired) electrons. The lowest BCUT2D eigenvalue weighted by atomic mass is 9.71. The van der Waals surface area contributed by atoms with Crippen LogP contribution in [0.4, 0.5) is 0 Å². The predicted octanol–water partition coefficient (Wildman–Crippen LogP) is 6.56. The van der Waals surface area contributed by atoms with Crippen molar-refractivity contribution in [1.29, 1.82) is 0 Å². The molecule has 118 valence electrons. The molecule has 1 saturated carbocycles. The molecule has 0 heteroatoms. The van der Waals surface area contributed by atoms with Crippen molar-refractivity contribution in [3.05, 3.63) is 53.6 Å². The van der Waals surface area contributed by atoms with Gasteiger partial charge in [-0.05, 0) is 87.7 Å². The zero-order valence-electron chi connectivity index (χ0n) is 14.2. The standard InChI is InChI=1S/C22H30/c1-3-4-18-7-11-20(12-8-18)22-15-13-21(14-16-22)19-9-5-17(2)6-10-19/h3-6,9-10,13,18,20,22H,7-8,11-12,14-16H2,1-2H3/b4-3+. The minimum absolute atomic E-state index is 0.864. The first-order valence-corrected chi connectivity index (χ1v) is 9.15. The summed E-state index contributed by atoms with van der Waals surface area (Å²) < 4.78 is 0. The van der Waals surface area contributed by atoms with Crippen molar-refractivity contribution in [3.8, 4) is 0 Å². The fourth-order valence-corrected chi connectivity index (χ4v) is 4.39. The van der Waals surface area contributed by atoms with Gasteiger partial charge in [-0.25, -0.2) is 0 Å². The quantitative estimate of drug-likeness (QED) is 0.554. The largest absolute Gasteiger partial charge is 0.0914 e. The third-order valence-corrected chi connectivity index (χ3v) is 5.82. The molecule has 0 nitrogen and oxygen atoms in total. The van der Waals surface area contributed by atoms with E-state index in [-0.39, 0.29) is 0 Å². The van der Waals surface area contributed by atoms with Crippen LogP contribution in [0.5, 0.6) is 0 Å².